The molecule has 1 aliphatic heterocycles. The molecule has 3 aromatic heterocycles. The van der Waals surface area contributed by atoms with E-state index in [4.69, 9.17) is 0 Å². The molecule has 4 rings (SSSR count). The molecule has 0 N–H and O–H groups in total. The van der Waals surface area contributed by atoms with E-state index in [1.54, 1.807) is 17.2 Å². The topological polar surface area (TPSA) is 78.6 Å². The van der Waals surface area contributed by atoms with Gasteiger partial charge in [0, 0.05) is 46.3 Å². The minimum atomic E-state index is 0.759. The lowest BCUT2D eigenvalue weighted by atomic mass is 10.3. The van der Waals surface area contributed by atoms with E-state index in [1.165, 1.54) is 0 Å². The maximum atomic E-state index is 4.56. The SMILES string of the molecule is CN(C)c1cc(N2CCN(c3ccc4nncn4n3)CC2)ncn1. The van der Waals surface area contributed by atoms with Crippen molar-refractivity contribution in [2.45, 2.75) is 0 Å². The van der Waals surface area contributed by atoms with Gasteiger partial charge in [-0.05, 0) is 12.1 Å². The number of nitrogens with zero attached hydrogens (tertiary/aromatic N) is 9. The third-order valence-electron chi connectivity index (χ3n) is 4.17. The highest BCUT2D eigenvalue weighted by Crippen LogP contribution is 2.19. The summed E-state index contributed by atoms with van der Waals surface area (Å²) in [5.74, 6) is 2.83. The highest BCUT2D eigenvalue weighted by Gasteiger charge is 2.20. The molecule has 0 atom stereocenters. The second kappa shape index (κ2) is 5.91. The minimum Gasteiger partial charge on any atom is -0.363 e. The van der Waals surface area contributed by atoms with Crippen LogP contribution in [0.25, 0.3) is 5.65 Å². The largest absolute Gasteiger partial charge is 0.363 e. The lowest BCUT2D eigenvalue weighted by Crippen LogP contribution is -2.47. The molecule has 4 heterocycles. The lowest BCUT2D eigenvalue weighted by Gasteiger charge is -2.36. The summed E-state index contributed by atoms with van der Waals surface area (Å²) in [6, 6.07) is 5.96. The van der Waals surface area contributed by atoms with Crippen molar-refractivity contribution in [2.75, 3.05) is 55.0 Å². The lowest BCUT2D eigenvalue weighted by molar-refractivity contribution is 0.635. The average Bonchev–Trinajstić information content (AvgIpc) is 3.09. The molecule has 0 saturated carbocycles. The molecule has 9 heteroatoms. The Morgan fingerprint density at radius 3 is 2.46 bits per heavy atom. The Morgan fingerprint density at radius 1 is 0.958 bits per heavy atom. The van der Waals surface area contributed by atoms with E-state index in [-0.39, 0.29) is 0 Å². The number of aromatic nitrogens is 6. The van der Waals surface area contributed by atoms with Crippen molar-refractivity contribution in [3.05, 3.63) is 30.9 Å². The van der Waals surface area contributed by atoms with Crippen LogP contribution in [0.15, 0.2) is 30.9 Å². The molecule has 1 fully saturated rings. The van der Waals surface area contributed by atoms with Crippen LogP contribution in [0.3, 0.4) is 0 Å². The fraction of sp³-hybridized carbons (Fsp3) is 0.400. The van der Waals surface area contributed by atoms with Crippen LogP contribution in [0.5, 0.6) is 0 Å². The summed E-state index contributed by atoms with van der Waals surface area (Å²) < 4.78 is 1.70. The van der Waals surface area contributed by atoms with Crippen molar-refractivity contribution in [3.8, 4) is 0 Å². The molecule has 0 radical (unpaired) electrons. The van der Waals surface area contributed by atoms with Gasteiger partial charge >= 0.3 is 0 Å². The Hall–Kier alpha value is -2.97. The molecule has 24 heavy (non-hydrogen) atoms. The van der Waals surface area contributed by atoms with Crippen LogP contribution in [0.2, 0.25) is 0 Å². The van der Waals surface area contributed by atoms with E-state index in [1.807, 2.05) is 37.2 Å². The predicted molar refractivity (Wildman–Crippen MR) is 91.6 cm³/mol. The molecule has 0 spiro atoms. The number of fused-ring (bicyclic) bond motifs is 1. The quantitative estimate of drug-likeness (QED) is 0.681. The smallest absolute Gasteiger partial charge is 0.177 e. The van der Waals surface area contributed by atoms with Crippen molar-refractivity contribution in [2.24, 2.45) is 0 Å². The van der Waals surface area contributed by atoms with Gasteiger partial charge in [0.1, 0.15) is 30.1 Å². The van der Waals surface area contributed by atoms with E-state index in [9.17, 15) is 0 Å². The molecule has 0 aromatic carbocycles. The van der Waals surface area contributed by atoms with Crippen LogP contribution in [0, 0.1) is 0 Å². The van der Waals surface area contributed by atoms with Crippen molar-refractivity contribution >= 4 is 23.1 Å². The number of rotatable bonds is 3. The molecule has 0 aliphatic carbocycles. The summed E-state index contributed by atoms with van der Waals surface area (Å²) in [6.45, 7) is 3.57. The van der Waals surface area contributed by atoms with Crippen molar-refractivity contribution < 1.29 is 0 Å². The van der Waals surface area contributed by atoms with Crippen LogP contribution in [0.4, 0.5) is 17.5 Å². The van der Waals surface area contributed by atoms with Crippen molar-refractivity contribution in [1.29, 1.82) is 0 Å². The number of hydrogen-bond acceptors (Lipinski definition) is 8. The Balaban J connectivity index is 1.47. The number of anilines is 3. The Labute approximate surface area is 139 Å². The summed E-state index contributed by atoms with van der Waals surface area (Å²) in [4.78, 5) is 15.2. The zero-order valence-corrected chi connectivity index (χ0v) is 13.7. The zero-order chi connectivity index (χ0) is 16.5. The van der Waals surface area contributed by atoms with Crippen LogP contribution >= 0.6 is 0 Å². The van der Waals surface area contributed by atoms with Gasteiger partial charge < -0.3 is 14.7 Å². The molecular formula is C15H19N9. The Morgan fingerprint density at radius 2 is 1.71 bits per heavy atom. The Kier molecular flexibility index (Phi) is 3.60. The maximum Gasteiger partial charge on any atom is 0.177 e. The van der Waals surface area contributed by atoms with Gasteiger partial charge in [-0.25, -0.2) is 9.97 Å². The van der Waals surface area contributed by atoms with Gasteiger partial charge in [0.05, 0.1) is 0 Å². The first-order valence-electron chi connectivity index (χ1n) is 7.87. The molecule has 0 bridgehead atoms. The molecule has 3 aromatic rings. The van der Waals surface area contributed by atoms with Crippen molar-refractivity contribution in [1.82, 2.24) is 29.8 Å². The molecule has 0 amide bonds. The van der Waals surface area contributed by atoms with Crippen LogP contribution in [-0.4, -0.2) is 70.1 Å². The monoisotopic (exact) mass is 325 g/mol. The molecule has 124 valence electrons. The van der Waals surface area contributed by atoms with E-state index in [2.05, 4.69) is 35.1 Å². The highest BCUT2D eigenvalue weighted by atomic mass is 15.4. The normalized spacial score (nSPS) is 15.1. The molecule has 9 nitrogen and oxygen atoms in total. The van der Waals surface area contributed by atoms with E-state index in [0.29, 0.717) is 0 Å². The molecular weight excluding hydrogens is 306 g/mol. The minimum absolute atomic E-state index is 0.759. The number of hydrogen-bond donors (Lipinski definition) is 0. The summed E-state index contributed by atoms with van der Waals surface area (Å²) in [6.07, 6.45) is 3.25. The average molecular weight is 325 g/mol. The summed E-state index contributed by atoms with van der Waals surface area (Å²) in [7, 11) is 3.97. The maximum absolute atomic E-state index is 4.56. The first kappa shape index (κ1) is 14.6. The summed E-state index contributed by atoms with van der Waals surface area (Å²) >= 11 is 0. The zero-order valence-electron chi connectivity index (χ0n) is 13.7. The van der Waals surface area contributed by atoms with Gasteiger partial charge in [0.15, 0.2) is 5.65 Å². The standard InChI is InChI=1S/C15H19N9/c1-21(2)14-9-15(17-10-16-14)23-7-5-22(6-8-23)13-4-3-12-19-18-11-24(12)20-13/h3-4,9-11H,5-8H2,1-2H3. The molecule has 1 aliphatic rings. The first-order valence-corrected chi connectivity index (χ1v) is 7.87. The predicted octanol–water partition coefficient (Wildman–Crippen LogP) is 0.307. The van der Waals surface area contributed by atoms with Crippen molar-refractivity contribution in [3.63, 3.8) is 0 Å². The van der Waals surface area contributed by atoms with Crippen LogP contribution in [0.1, 0.15) is 0 Å². The highest BCUT2D eigenvalue weighted by molar-refractivity contribution is 5.51. The van der Waals surface area contributed by atoms with E-state index in [0.717, 1.165) is 49.3 Å². The van der Waals surface area contributed by atoms with Gasteiger partial charge in [-0.2, -0.15) is 4.52 Å². The summed E-state index contributed by atoms with van der Waals surface area (Å²) in [5.41, 5.74) is 0.759. The van der Waals surface area contributed by atoms with E-state index >= 15 is 0 Å². The van der Waals surface area contributed by atoms with Crippen LogP contribution < -0.4 is 14.7 Å². The van der Waals surface area contributed by atoms with E-state index < -0.39 is 0 Å². The van der Waals surface area contributed by atoms with Gasteiger partial charge in [-0.1, -0.05) is 0 Å². The second-order valence-electron chi connectivity index (χ2n) is 5.93. The summed E-state index contributed by atoms with van der Waals surface area (Å²) in [5, 5.41) is 12.4. The third kappa shape index (κ3) is 2.68. The fourth-order valence-corrected chi connectivity index (χ4v) is 2.81. The first-order chi connectivity index (χ1) is 11.7. The Bertz CT molecular complexity index is 836. The second-order valence-corrected chi connectivity index (χ2v) is 5.93. The third-order valence-corrected chi connectivity index (χ3v) is 4.17. The molecule has 1 saturated heterocycles. The van der Waals surface area contributed by atoms with Gasteiger partial charge in [0.2, 0.25) is 0 Å². The van der Waals surface area contributed by atoms with Gasteiger partial charge in [-0.15, -0.1) is 15.3 Å². The van der Waals surface area contributed by atoms with Gasteiger partial charge in [0.25, 0.3) is 0 Å². The molecule has 0 unspecified atom stereocenters. The van der Waals surface area contributed by atoms with Gasteiger partial charge in [-0.3, -0.25) is 0 Å². The fourth-order valence-electron chi connectivity index (χ4n) is 2.81. The number of piperazine rings is 1. The van der Waals surface area contributed by atoms with Crippen LogP contribution in [-0.2, 0) is 0 Å².